The number of benzene rings is 1. The molecule has 0 radical (unpaired) electrons. The van der Waals surface area contributed by atoms with Gasteiger partial charge in [0.15, 0.2) is 0 Å². The molecule has 40 heavy (non-hydrogen) atoms. The van der Waals surface area contributed by atoms with Crippen molar-refractivity contribution in [2.75, 3.05) is 6.54 Å². The molecule has 222 valence electrons. The zero-order chi connectivity index (χ0) is 30.2. The predicted octanol–water partition coefficient (Wildman–Crippen LogP) is -0.752. The fourth-order valence-corrected chi connectivity index (χ4v) is 3.34. The molecular weight excluding hydrogens is 530 g/mol. The van der Waals surface area contributed by atoms with Gasteiger partial charge in [0.2, 0.25) is 11.8 Å². The Morgan fingerprint density at radius 2 is 1.50 bits per heavy atom. The lowest BCUT2D eigenvalue weighted by atomic mass is 9.97. The van der Waals surface area contributed by atoms with Crippen molar-refractivity contribution in [3.63, 3.8) is 0 Å². The molecule has 1 rings (SSSR count). The molecule has 4 amide bonds. The minimum Gasteiger partial charge on any atom is -0.481 e. The van der Waals surface area contributed by atoms with Gasteiger partial charge < -0.3 is 36.0 Å². The number of hydrogen-bond acceptors (Lipinski definition) is 9. The Morgan fingerprint density at radius 3 is 2.05 bits per heavy atom. The number of rotatable bonds is 17. The van der Waals surface area contributed by atoms with Crippen LogP contribution in [0.2, 0.25) is 0 Å². The quantitative estimate of drug-likeness (QED) is 0.109. The summed E-state index contributed by atoms with van der Waals surface area (Å²) in [4.78, 5) is 72.7. The fourth-order valence-electron chi connectivity index (χ4n) is 3.34. The monoisotopic (exact) mass is 567 g/mol. The van der Waals surface area contributed by atoms with E-state index in [0.717, 1.165) is 5.56 Å². The molecule has 0 spiro atoms. The van der Waals surface area contributed by atoms with Gasteiger partial charge in [-0.05, 0) is 24.8 Å². The van der Waals surface area contributed by atoms with E-state index in [9.17, 15) is 33.9 Å². The zero-order valence-electron chi connectivity index (χ0n) is 22.5. The van der Waals surface area contributed by atoms with Crippen molar-refractivity contribution in [3.05, 3.63) is 35.9 Å². The van der Waals surface area contributed by atoms with Crippen molar-refractivity contribution in [1.82, 2.24) is 26.8 Å². The number of hydrazine groups is 1. The van der Waals surface area contributed by atoms with Crippen LogP contribution in [0, 0.1) is 5.92 Å². The lowest BCUT2D eigenvalue weighted by Crippen LogP contribution is -2.60. The van der Waals surface area contributed by atoms with Crippen molar-refractivity contribution in [2.24, 2.45) is 5.92 Å². The van der Waals surface area contributed by atoms with Crippen LogP contribution in [0.15, 0.2) is 30.3 Å². The first-order valence-corrected chi connectivity index (χ1v) is 12.6. The maximum absolute atomic E-state index is 13.2. The molecule has 15 nitrogen and oxygen atoms in total. The SMILES string of the molecule is CC[C@H](C)[C@H](NC(=O)OCc1ccccc1)C(=O)N[C@@H](CCC(=O)O)C(=O)N[C@H](C(=O)NNCC(=O)O)[C@@H](C)O. The van der Waals surface area contributed by atoms with Gasteiger partial charge in [-0.1, -0.05) is 50.6 Å². The molecule has 0 bridgehead atoms. The molecule has 0 aliphatic rings. The topological polar surface area (TPSA) is 232 Å². The van der Waals surface area contributed by atoms with Gasteiger partial charge in [0, 0.05) is 6.42 Å². The largest absolute Gasteiger partial charge is 0.481 e. The van der Waals surface area contributed by atoms with Crippen LogP contribution in [0.25, 0.3) is 0 Å². The lowest BCUT2D eigenvalue weighted by Gasteiger charge is -2.27. The highest BCUT2D eigenvalue weighted by molar-refractivity contribution is 5.94. The van der Waals surface area contributed by atoms with E-state index in [4.69, 9.17) is 14.9 Å². The summed E-state index contributed by atoms with van der Waals surface area (Å²) in [5.74, 6) is -5.70. The average molecular weight is 568 g/mol. The van der Waals surface area contributed by atoms with Gasteiger partial charge >= 0.3 is 18.0 Å². The molecule has 15 heteroatoms. The van der Waals surface area contributed by atoms with Crippen LogP contribution in [0.3, 0.4) is 0 Å². The summed E-state index contributed by atoms with van der Waals surface area (Å²) in [6.07, 6.45) is -2.76. The van der Waals surface area contributed by atoms with E-state index in [1.165, 1.54) is 6.92 Å². The molecule has 0 aliphatic heterocycles. The second kappa shape index (κ2) is 17.4. The number of aliphatic hydroxyl groups is 1. The highest BCUT2D eigenvalue weighted by Gasteiger charge is 2.33. The number of nitrogens with one attached hydrogen (secondary N) is 5. The first kappa shape index (κ1) is 33.8. The highest BCUT2D eigenvalue weighted by atomic mass is 16.5. The fraction of sp³-hybridized carbons (Fsp3) is 0.520. The minimum atomic E-state index is -1.57. The van der Waals surface area contributed by atoms with E-state index >= 15 is 0 Å². The van der Waals surface area contributed by atoms with Crippen molar-refractivity contribution < 1.29 is 48.8 Å². The second-order valence-corrected chi connectivity index (χ2v) is 9.03. The van der Waals surface area contributed by atoms with Crippen molar-refractivity contribution in [3.8, 4) is 0 Å². The summed E-state index contributed by atoms with van der Waals surface area (Å²) in [6.45, 7) is 3.97. The van der Waals surface area contributed by atoms with E-state index in [2.05, 4.69) is 21.4 Å². The number of carboxylic acids is 2. The Morgan fingerprint density at radius 1 is 0.850 bits per heavy atom. The molecule has 0 heterocycles. The Balaban J connectivity index is 2.97. The summed E-state index contributed by atoms with van der Waals surface area (Å²) < 4.78 is 5.19. The summed E-state index contributed by atoms with van der Waals surface area (Å²) in [5.41, 5.74) is 4.86. The lowest BCUT2D eigenvalue weighted by molar-refractivity contribution is -0.139. The maximum atomic E-state index is 13.2. The third-order valence-corrected chi connectivity index (χ3v) is 5.78. The first-order valence-electron chi connectivity index (χ1n) is 12.6. The maximum Gasteiger partial charge on any atom is 0.408 e. The van der Waals surface area contributed by atoms with Crippen LogP contribution in [-0.4, -0.2) is 81.8 Å². The van der Waals surface area contributed by atoms with E-state index in [1.807, 2.05) is 5.43 Å². The smallest absolute Gasteiger partial charge is 0.408 e. The van der Waals surface area contributed by atoms with Crippen LogP contribution < -0.4 is 26.8 Å². The van der Waals surface area contributed by atoms with Gasteiger partial charge in [0.05, 0.1) is 6.10 Å². The van der Waals surface area contributed by atoms with E-state index in [1.54, 1.807) is 44.2 Å². The number of carbonyl (C=O) groups is 6. The molecule has 0 aliphatic carbocycles. The summed E-state index contributed by atoms with van der Waals surface area (Å²) in [7, 11) is 0. The normalized spacial score (nSPS) is 14.4. The average Bonchev–Trinajstić information content (AvgIpc) is 2.90. The van der Waals surface area contributed by atoms with Crippen LogP contribution in [0.1, 0.15) is 45.6 Å². The minimum absolute atomic E-state index is 0.0463. The van der Waals surface area contributed by atoms with Gasteiger partial charge in [-0.3, -0.25) is 29.4 Å². The molecule has 0 saturated carbocycles. The molecule has 0 fully saturated rings. The van der Waals surface area contributed by atoms with Crippen LogP contribution in [-0.2, 0) is 35.3 Å². The number of alkyl carbamates (subject to hydrolysis) is 1. The number of aliphatic carboxylic acids is 2. The molecule has 5 atom stereocenters. The van der Waals surface area contributed by atoms with Crippen molar-refractivity contribution >= 4 is 35.8 Å². The Hall–Kier alpha value is -4.24. The third-order valence-electron chi connectivity index (χ3n) is 5.78. The molecular formula is C25H37N5O10. The summed E-state index contributed by atoms with van der Waals surface area (Å²) >= 11 is 0. The van der Waals surface area contributed by atoms with E-state index in [-0.39, 0.29) is 13.0 Å². The predicted molar refractivity (Wildman–Crippen MR) is 139 cm³/mol. The standard InChI is InChI=1S/C25H37N5O10/c1-4-14(2)20(29-25(39)40-13-16-8-6-5-7-9-16)23(37)27-17(10-11-18(32)33)22(36)28-21(15(3)31)24(38)30-26-12-19(34)35/h5-9,14-15,17,20-21,26,31H,4,10-13H2,1-3H3,(H,27,37)(H,28,36)(H,29,39)(H,30,38)(H,32,33)(H,34,35)/t14-,15+,17-,20-,21-/m0/s1. The number of amides is 4. The van der Waals surface area contributed by atoms with Gasteiger partial charge in [0.1, 0.15) is 31.3 Å². The molecule has 8 N–H and O–H groups in total. The van der Waals surface area contributed by atoms with Crippen LogP contribution >= 0.6 is 0 Å². The Kier molecular flexibility index (Phi) is 14.7. The first-order chi connectivity index (χ1) is 18.8. The molecule has 1 aromatic rings. The van der Waals surface area contributed by atoms with E-state index in [0.29, 0.717) is 6.42 Å². The summed E-state index contributed by atoms with van der Waals surface area (Å²) in [6, 6.07) is 4.66. The molecule has 0 saturated heterocycles. The number of ether oxygens (including phenoxy) is 1. The highest BCUT2D eigenvalue weighted by Crippen LogP contribution is 2.11. The number of carboxylic acid groups (broad SMARTS) is 2. The Bertz CT molecular complexity index is 1020. The number of carbonyl (C=O) groups excluding carboxylic acids is 4. The van der Waals surface area contributed by atoms with E-state index < -0.39 is 78.9 Å². The van der Waals surface area contributed by atoms with Crippen molar-refractivity contribution in [1.29, 1.82) is 0 Å². The van der Waals surface area contributed by atoms with Gasteiger partial charge in [-0.2, -0.15) is 0 Å². The molecule has 0 unspecified atom stereocenters. The third kappa shape index (κ3) is 12.5. The molecule has 1 aromatic carbocycles. The Labute approximate surface area is 231 Å². The van der Waals surface area contributed by atoms with Crippen LogP contribution in [0.4, 0.5) is 4.79 Å². The zero-order valence-corrected chi connectivity index (χ0v) is 22.5. The van der Waals surface area contributed by atoms with Gasteiger partial charge in [-0.25, -0.2) is 10.2 Å². The summed E-state index contributed by atoms with van der Waals surface area (Å²) in [5, 5.41) is 34.9. The van der Waals surface area contributed by atoms with Crippen molar-refractivity contribution in [2.45, 2.75) is 70.9 Å². The van der Waals surface area contributed by atoms with Gasteiger partial charge in [-0.15, -0.1) is 0 Å². The number of hydrogen-bond donors (Lipinski definition) is 8. The number of aliphatic hydroxyl groups excluding tert-OH is 1. The molecule has 0 aromatic heterocycles. The van der Waals surface area contributed by atoms with Crippen LogP contribution in [0.5, 0.6) is 0 Å². The van der Waals surface area contributed by atoms with Gasteiger partial charge in [0.25, 0.3) is 5.91 Å². The second-order valence-electron chi connectivity index (χ2n) is 9.03.